The van der Waals surface area contributed by atoms with Gasteiger partial charge in [0.2, 0.25) is 0 Å². The van der Waals surface area contributed by atoms with E-state index in [1.807, 2.05) is 83.3 Å². The Hall–Kier alpha value is -3.98. The summed E-state index contributed by atoms with van der Waals surface area (Å²) in [6.45, 7) is 13.7. The van der Waals surface area contributed by atoms with Crippen LogP contribution in [0.2, 0.25) is 0 Å². The van der Waals surface area contributed by atoms with E-state index < -0.39 is 0 Å². The van der Waals surface area contributed by atoms with E-state index in [2.05, 4.69) is 103 Å². The van der Waals surface area contributed by atoms with Crippen LogP contribution in [0, 0.1) is 0 Å². The van der Waals surface area contributed by atoms with E-state index in [4.69, 9.17) is 0 Å². The molecule has 0 spiro atoms. The van der Waals surface area contributed by atoms with Gasteiger partial charge in [-0.3, -0.25) is 0 Å². The summed E-state index contributed by atoms with van der Waals surface area (Å²) in [6, 6.07) is 37.8. The molecule has 0 aliphatic heterocycles. The maximum absolute atomic E-state index is 3.96. The monoisotopic (exact) mass is 509 g/mol. The van der Waals surface area contributed by atoms with E-state index in [9.17, 15) is 0 Å². The van der Waals surface area contributed by atoms with Gasteiger partial charge in [-0.05, 0) is 65.2 Å². The third-order valence-electron chi connectivity index (χ3n) is 5.61. The first-order valence-corrected chi connectivity index (χ1v) is 13.6. The molecule has 3 nitrogen and oxygen atoms in total. The first kappa shape index (κ1) is 32.0. The Kier molecular flexibility index (Phi) is 16.2. The molecule has 4 rings (SSSR count). The van der Waals surface area contributed by atoms with Gasteiger partial charge in [-0.1, -0.05) is 101 Å². The van der Waals surface area contributed by atoms with Crippen LogP contribution in [0.4, 0.5) is 17.1 Å². The van der Waals surface area contributed by atoms with Crippen molar-refractivity contribution in [3.63, 3.8) is 0 Å². The fraction of sp³-hybridized carbons (Fsp3) is 0.257. The fourth-order valence-corrected chi connectivity index (χ4v) is 3.79. The Morgan fingerprint density at radius 3 is 1.29 bits per heavy atom. The minimum absolute atomic E-state index is 0.869. The lowest BCUT2D eigenvalue weighted by Gasteiger charge is -2.22. The Balaban J connectivity index is 0.000000505. The van der Waals surface area contributed by atoms with Gasteiger partial charge in [-0.25, -0.2) is 0 Å². The standard InChI is InChI=1S/C24H26N2.C7H9N.2C2H6/c1-4-20-15-21(18-25(2)23-11-7-5-8-12-23)17-22(16-20)19-26(3)24-13-9-6-10-14-24;1-8-7-5-3-2-4-6-7;2*1-2/h4-17H,1,18-19H2,2-3H3;2-6,8H,1H3;2*1-2H3. The van der Waals surface area contributed by atoms with Crippen LogP contribution in [0.1, 0.15) is 44.4 Å². The van der Waals surface area contributed by atoms with Crippen LogP contribution in [0.5, 0.6) is 0 Å². The molecule has 202 valence electrons. The second-order valence-electron chi connectivity index (χ2n) is 8.29. The second-order valence-corrected chi connectivity index (χ2v) is 8.29. The van der Waals surface area contributed by atoms with E-state index in [1.54, 1.807) is 0 Å². The molecule has 0 radical (unpaired) electrons. The molecular formula is C35H47N3. The predicted molar refractivity (Wildman–Crippen MR) is 172 cm³/mol. The highest BCUT2D eigenvalue weighted by Crippen LogP contribution is 2.20. The third-order valence-corrected chi connectivity index (χ3v) is 5.61. The Morgan fingerprint density at radius 2 is 0.974 bits per heavy atom. The Bertz CT molecular complexity index is 1060. The van der Waals surface area contributed by atoms with Gasteiger partial charge in [-0.15, -0.1) is 0 Å². The van der Waals surface area contributed by atoms with Crippen molar-refractivity contribution in [2.24, 2.45) is 0 Å². The van der Waals surface area contributed by atoms with Crippen LogP contribution in [0.25, 0.3) is 6.08 Å². The number of benzene rings is 4. The number of hydrogen-bond donors (Lipinski definition) is 1. The molecule has 0 amide bonds. The van der Waals surface area contributed by atoms with E-state index in [0.717, 1.165) is 18.8 Å². The quantitative estimate of drug-likeness (QED) is 0.255. The van der Waals surface area contributed by atoms with Gasteiger partial charge in [0, 0.05) is 51.3 Å². The van der Waals surface area contributed by atoms with Gasteiger partial charge in [0.25, 0.3) is 0 Å². The third kappa shape index (κ3) is 11.4. The van der Waals surface area contributed by atoms with E-state index in [-0.39, 0.29) is 0 Å². The molecule has 3 heteroatoms. The average Bonchev–Trinajstić information content (AvgIpc) is 3.00. The van der Waals surface area contributed by atoms with Crippen molar-refractivity contribution in [3.8, 4) is 0 Å². The second kappa shape index (κ2) is 19.2. The molecule has 0 aliphatic carbocycles. The van der Waals surface area contributed by atoms with Gasteiger partial charge >= 0.3 is 0 Å². The molecule has 4 aromatic rings. The molecule has 0 aliphatic rings. The molecule has 0 aromatic heterocycles. The van der Waals surface area contributed by atoms with Gasteiger partial charge in [0.1, 0.15) is 0 Å². The molecule has 38 heavy (non-hydrogen) atoms. The zero-order valence-electron chi connectivity index (χ0n) is 24.5. The molecule has 0 atom stereocenters. The summed E-state index contributed by atoms with van der Waals surface area (Å²) in [5, 5.41) is 3.03. The van der Waals surface area contributed by atoms with E-state index in [0.29, 0.717) is 0 Å². The molecular weight excluding hydrogens is 462 g/mol. The molecule has 0 saturated heterocycles. The SMILES string of the molecule is C=Cc1cc(CN(C)c2ccccc2)cc(CN(C)c2ccccc2)c1.CC.CC.CNc1ccccc1. The summed E-state index contributed by atoms with van der Waals surface area (Å²) in [5.41, 5.74) is 7.36. The van der Waals surface area contributed by atoms with Crippen LogP contribution < -0.4 is 15.1 Å². The van der Waals surface area contributed by atoms with Gasteiger partial charge in [0.05, 0.1) is 0 Å². The van der Waals surface area contributed by atoms with Crippen molar-refractivity contribution in [2.75, 3.05) is 36.3 Å². The van der Waals surface area contributed by atoms with Crippen LogP contribution in [-0.2, 0) is 13.1 Å². The topological polar surface area (TPSA) is 18.5 Å². The molecule has 0 heterocycles. The molecule has 0 bridgehead atoms. The fourth-order valence-electron chi connectivity index (χ4n) is 3.79. The number of para-hydroxylation sites is 3. The highest BCUT2D eigenvalue weighted by molar-refractivity contribution is 5.53. The molecule has 0 fully saturated rings. The van der Waals surface area contributed by atoms with E-state index >= 15 is 0 Å². The molecule has 0 saturated carbocycles. The number of rotatable bonds is 8. The lowest BCUT2D eigenvalue weighted by molar-refractivity contribution is 0.897. The zero-order chi connectivity index (χ0) is 28.2. The number of nitrogens with one attached hydrogen (secondary N) is 1. The van der Waals surface area contributed by atoms with Crippen molar-refractivity contribution in [1.82, 2.24) is 0 Å². The normalized spacial score (nSPS) is 9.24. The van der Waals surface area contributed by atoms with Crippen LogP contribution in [0.15, 0.2) is 116 Å². The first-order chi connectivity index (χ1) is 18.6. The minimum Gasteiger partial charge on any atom is -0.388 e. The lowest BCUT2D eigenvalue weighted by atomic mass is 10.0. The Labute approximate surface area is 232 Å². The summed E-state index contributed by atoms with van der Waals surface area (Å²) >= 11 is 0. The largest absolute Gasteiger partial charge is 0.388 e. The van der Waals surface area contributed by atoms with Crippen molar-refractivity contribution in [2.45, 2.75) is 40.8 Å². The summed E-state index contributed by atoms with van der Waals surface area (Å²) in [5.74, 6) is 0. The average molecular weight is 510 g/mol. The maximum atomic E-state index is 3.96. The molecule has 0 unspecified atom stereocenters. The Morgan fingerprint density at radius 1 is 0.605 bits per heavy atom. The summed E-state index contributed by atoms with van der Waals surface area (Å²) in [7, 11) is 6.17. The summed E-state index contributed by atoms with van der Waals surface area (Å²) in [4.78, 5) is 4.54. The van der Waals surface area contributed by atoms with Crippen LogP contribution in [0.3, 0.4) is 0 Å². The summed E-state index contributed by atoms with van der Waals surface area (Å²) in [6.07, 6.45) is 1.93. The van der Waals surface area contributed by atoms with Crippen molar-refractivity contribution < 1.29 is 0 Å². The van der Waals surface area contributed by atoms with Gasteiger partial charge in [0.15, 0.2) is 0 Å². The van der Waals surface area contributed by atoms with Crippen LogP contribution >= 0.6 is 0 Å². The minimum atomic E-state index is 0.869. The number of hydrogen-bond acceptors (Lipinski definition) is 3. The van der Waals surface area contributed by atoms with Gasteiger partial charge in [-0.2, -0.15) is 0 Å². The van der Waals surface area contributed by atoms with Crippen molar-refractivity contribution >= 4 is 23.1 Å². The smallest absolute Gasteiger partial charge is 0.0426 e. The highest BCUT2D eigenvalue weighted by Gasteiger charge is 2.07. The summed E-state index contributed by atoms with van der Waals surface area (Å²) < 4.78 is 0. The lowest BCUT2D eigenvalue weighted by Crippen LogP contribution is -2.18. The maximum Gasteiger partial charge on any atom is 0.0426 e. The number of nitrogens with zero attached hydrogens (tertiary/aromatic N) is 2. The van der Waals surface area contributed by atoms with Gasteiger partial charge < -0.3 is 15.1 Å². The zero-order valence-corrected chi connectivity index (χ0v) is 24.5. The predicted octanol–water partition coefficient (Wildman–Crippen LogP) is 9.38. The number of anilines is 3. The van der Waals surface area contributed by atoms with Crippen molar-refractivity contribution in [1.29, 1.82) is 0 Å². The van der Waals surface area contributed by atoms with E-state index in [1.165, 1.54) is 28.1 Å². The highest BCUT2D eigenvalue weighted by atomic mass is 15.1. The molecule has 1 N–H and O–H groups in total. The van der Waals surface area contributed by atoms with Crippen molar-refractivity contribution in [3.05, 3.63) is 132 Å². The van der Waals surface area contributed by atoms with Crippen LogP contribution in [-0.4, -0.2) is 21.1 Å². The first-order valence-electron chi connectivity index (χ1n) is 13.6. The molecule has 4 aromatic carbocycles.